The number of carbonyl (C=O) groups is 3. The molecule has 0 aromatic heterocycles. The standard InChI is InChI=1S/C22H18BrN3O3/c23-12-7-9-13(10-8-12)26-19(27)17-16-6-3-11-25(16)22(18(17)20(26)28)14-4-1-2-5-15(14)24-21(22)29/h1-2,4-5,7-10,16-18H,3,6,11H2,(H,24,29)/t16-,17+,18-,22+/m0/s1. The molecular weight excluding hydrogens is 434 g/mol. The van der Waals surface area contributed by atoms with Crippen molar-refractivity contribution < 1.29 is 14.4 Å². The van der Waals surface area contributed by atoms with Gasteiger partial charge in [-0.3, -0.25) is 19.3 Å². The van der Waals surface area contributed by atoms with Crippen LogP contribution < -0.4 is 10.2 Å². The van der Waals surface area contributed by atoms with Gasteiger partial charge in [-0.15, -0.1) is 0 Å². The molecule has 146 valence electrons. The molecule has 0 bridgehead atoms. The summed E-state index contributed by atoms with van der Waals surface area (Å²) in [5.74, 6) is -1.84. The van der Waals surface area contributed by atoms with Crippen LogP contribution in [0.25, 0.3) is 0 Å². The van der Waals surface area contributed by atoms with Crippen molar-refractivity contribution in [2.75, 3.05) is 16.8 Å². The molecule has 2 aromatic rings. The van der Waals surface area contributed by atoms with Gasteiger partial charge in [0.25, 0.3) is 0 Å². The minimum Gasteiger partial charge on any atom is -0.324 e. The van der Waals surface area contributed by atoms with Crippen molar-refractivity contribution in [3.05, 3.63) is 58.6 Å². The van der Waals surface area contributed by atoms with Crippen LogP contribution in [0.3, 0.4) is 0 Å². The minimum absolute atomic E-state index is 0.0891. The average molecular weight is 452 g/mol. The molecule has 1 spiro atoms. The third-order valence-corrected chi connectivity index (χ3v) is 7.51. The zero-order valence-electron chi connectivity index (χ0n) is 15.5. The Morgan fingerprint density at radius 2 is 1.76 bits per heavy atom. The summed E-state index contributed by atoms with van der Waals surface area (Å²) in [7, 11) is 0. The first-order valence-electron chi connectivity index (χ1n) is 9.86. The summed E-state index contributed by atoms with van der Waals surface area (Å²) in [6.45, 7) is 0.721. The number of amides is 3. The molecule has 3 saturated heterocycles. The van der Waals surface area contributed by atoms with E-state index >= 15 is 0 Å². The molecule has 0 aliphatic carbocycles. The Bertz CT molecular complexity index is 1080. The fourth-order valence-electron chi connectivity index (χ4n) is 6.00. The van der Waals surface area contributed by atoms with Crippen molar-refractivity contribution in [1.29, 1.82) is 0 Å². The Hall–Kier alpha value is -2.51. The molecule has 7 heteroatoms. The second kappa shape index (κ2) is 5.77. The molecule has 6 rings (SSSR count). The number of benzene rings is 2. The van der Waals surface area contributed by atoms with Crippen LogP contribution in [0, 0.1) is 11.8 Å². The Morgan fingerprint density at radius 3 is 2.55 bits per heavy atom. The maximum atomic E-state index is 13.7. The van der Waals surface area contributed by atoms with E-state index in [1.807, 2.05) is 36.4 Å². The number of hydrogen-bond donors (Lipinski definition) is 1. The number of nitrogens with one attached hydrogen (secondary N) is 1. The summed E-state index contributed by atoms with van der Waals surface area (Å²) in [5, 5.41) is 2.98. The highest BCUT2D eigenvalue weighted by Crippen LogP contribution is 2.60. The average Bonchev–Trinajstić information content (AvgIpc) is 3.41. The van der Waals surface area contributed by atoms with E-state index in [1.165, 1.54) is 4.90 Å². The normalized spacial score (nSPS) is 32.7. The van der Waals surface area contributed by atoms with E-state index < -0.39 is 17.4 Å². The van der Waals surface area contributed by atoms with Crippen molar-refractivity contribution in [2.24, 2.45) is 11.8 Å². The van der Waals surface area contributed by atoms with Crippen molar-refractivity contribution in [3.8, 4) is 0 Å². The van der Waals surface area contributed by atoms with E-state index in [0.717, 1.165) is 35.1 Å². The lowest BCUT2D eigenvalue weighted by Gasteiger charge is -2.36. The molecule has 4 atom stereocenters. The lowest BCUT2D eigenvalue weighted by atomic mass is 9.75. The van der Waals surface area contributed by atoms with Crippen LogP contribution in [-0.4, -0.2) is 35.2 Å². The largest absolute Gasteiger partial charge is 0.324 e. The predicted molar refractivity (Wildman–Crippen MR) is 110 cm³/mol. The third kappa shape index (κ3) is 1.97. The number of para-hydroxylation sites is 1. The topological polar surface area (TPSA) is 69.7 Å². The summed E-state index contributed by atoms with van der Waals surface area (Å²) >= 11 is 3.40. The van der Waals surface area contributed by atoms with Gasteiger partial charge in [0.2, 0.25) is 17.7 Å². The monoisotopic (exact) mass is 451 g/mol. The maximum absolute atomic E-state index is 13.7. The van der Waals surface area contributed by atoms with Gasteiger partial charge in [-0.2, -0.15) is 0 Å². The van der Waals surface area contributed by atoms with E-state index in [4.69, 9.17) is 0 Å². The van der Waals surface area contributed by atoms with E-state index in [-0.39, 0.29) is 23.8 Å². The molecular formula is C22H18BrN3O3. The zero-order chi connectivity index (χ0) is 19.9. The summed E-state index contributed by atoms with van der Waals surface area (Å²) in [6, 6.07) is 14.6. The van der Waals surface area contributed by atoms with Gasteiger partial charge in [0.05, 0.1) is 17.5 Å². The number of halogens is 1. The SMILES string of the molecule is O=C1[C@H]2[C@@H](C(=O)N1c1ccc(Br)cc1)[C@]1(C(=O)Nc3ccccc31)N1CCC[C@@H]21. The quantitative estimate of drug-likeness (QED) is 0.676. The van der Waals surface area contributed by atoms with Gasteiger partial charge in [0.1, 0.15) is 5.54 Å². The van der Waals surface area contributed by atoms with Gasteiger partial charge in [0, 0.05) is 21.8 Å². The fourth-order valence-corrected chi connectivity index (χ4v) is 6.27. The highest BCUT2D eigenvalue weighted by atomic mass is 79.9. The fraction of sp³-hybridized carbons (Fsp3) is 0.318. The molecule has 29 heavy (non-hydrogen) atoms. The Labute approximate surface area is 176 Å². The number of anilines is 2. The number of rotatable bonds is 1. The predicted octanol–water partition coefficient (Wildman–Crippen LogP) is 2.88. The molecule has 6 nitrogen and oxygen atoms in total. The lowest BCUT2D eigenvalue weighted by Crippen LogP contribution is -2.54. The number of nitrogens with zero attached hydrogens (tertiary/aromatic N) is 2. The zero-order valence-corrected chi connectivity index (χ0v) is 17.1. The molecule has 0 unspecified atom stereocenters. The molecule has 3 amide bonds. The Morgan fingerprint density at radius 1 is 1.00 bits per heavy atom. The summed E-state index contributed by atoms with van der Waals surface area (Å²) in [6.07, 6.45) is 1.75. The van der Waals surface area contributed by atoms with Crippen LogP contribution in [0.4, 0.5) is 11.4 Å². The molecule has 4 aliphatic rings. The molecule has 0 saturated carbocycles. The number of fused-ring (bicyclic) bond motifs is 7. The molecule has 4 heterocycles. The van der Waals surface area contributed by atoms with Crippen LogP contribution >= 0.6 is 15.9 Å². The van der Waals surface area contributed by atoms with Gasteiger partial charge in [-0.25, -0.2) is 4.90 Å². The van der Waals surface area contributed by atoms with Crippen molar-refractivity contribution in [2.45, 2.75) is 24.4 Å². The number of carbonyl (C=O) groups excluding carboxylic acids is 3. The van der Waals surface area contributed by atoms with Crippen LogP contribution in [0.2, 0.25) is 0 Å². The second-order valence-electron chi connectivity index (χ2n) is 8.16. The van der Waals surface area contributed by atoms with E-state index in [9.17, 15) is 14.4 Å². The van der Waals surface area contributed by atoms with Crippen LogP contribution in [-0.2, 0) is 19.9 Å². The van der Waals surface area contributed by atoms with Crippen LogP contribution in [0.15, 0.2) is 53.0 Å². The van der Waals surface area contributed by atoms with Gasteiger partial charge < -0.3 is 5.32 Å². The lowest BCUT2D eigenvalue weighted by molar-refractivity contribution is -0.135. The smallest absolute Gasteiger partial charge is 0.250 e. The highest BCUT2D eigenvalue weighted by Gasteiger charge is 2.74. The number of hydrogen-bond acceptors (Lipinski definition) is 4. The summed E-state index contributed by atoms with van der Waals surface area (Å²) < 4.78 is 0.878. The van der Waals surface area contributed by atoms with Crippen molar-refractivity contribution >= 4 is 45.0 Å². The van der Waals surface area contributed by atoms with E-state index in [0.29, 0.717) is 5.69 Å². The molecule has 0 radical (unpaired) electrons. The van der Waals surface area contributed by atoms with Crippen LogP contribution in [0.1, 0.15) is 18.4 Å². The Kier molecular flexibility index (Phi) is 3.45. The number of imide groups is 1. The first-order valence-corrected chi connectivity index (χ1v) is 10.7. The molecule has 3 fully saturated rings. The van der Waals surface area contributed by atoms with Gasteiger partial charge >= 0.3 is 0 Å². The van der Waals surface area contributed by atoms with Gasteiger partial charge in [-0.05, 0) is 49.7 Å². The van der Waals surface area contributed by atoms with Crippen LogP contribution in [0.5, 0.6) is 0 Å². The first kappa shape index (κ1) is 17.4. The summed E-state index contributed by atoms with van der Waals surface area (Å²) in [4.78, 5) is 44.1. The first-order chi connectivity index (χ1) is 14.0. The Balaban J connectivity index is 1.55. The van der Waals surface area contributed by atoms with Crippen molar-refractivity contribution in [3.63, 3.8) is 0 Å². The molecule has 4 aliphatic heterocycles. The third-order valence-electron chi connectivity index (χ3n) is 6.98. The maximum Gasteiger partial charge on any atom is 0.250 e. The highest BCUT2D eigenvalue weighted by molar-refractivity contribution is 9.10. The van der Waals surface area contributed by atoms with E-state index in [1.54, 1.807) is 12.1 Å². The molecule has 1 N–H and O–H groups in total. The summed E-state index contributed by atoms with van der Waals surface area (Å²) in [5.41, 5.74) is 1.03. The van der Waals surface area contributed by atoms with Crippen molar-refractivity contribution in [1.82, 2.24) is 4.90 Å². The van der Waals surface area contributed by atoms with Gasteiger partial charge in [0.15, 0.2) is 0 Å². The minimum atomic E-state index is -1.10. The second-order valence-corrected chi connectivity index (χ2v) is 9.08. The molecule has 2 aromatic carbocycles. The van der Waals surface area contributed by atoms with E-state index in [2.05, 4.69) is 26.1 Å². The van der Waals surface area contributed by atoms with Gasteiger partial charge in [-0.1, -0.05) is 34.1 Å².